The van der Waals surface area contributed by atoms with Gasteiger partial charge in [0.25, 0.3) is 5.69 Å². The van der Waals surface area contributed by atoms with E-state index in [1.807, 2.05) is 24.3 Å². The highest BCUT2D eigenvalue weighted by atomic mass is 16.6. The van der Waals surface area contributed by atoms with Gasteiger partial charge in [0.1, 0.15) is 18.1 Å². The zero-order valence-corrected chi connectivity index (χ0v) is 15.8. The highest BCUT2D eigenvalue weighted by Crippen LogP contribution is 2.18. The number of non-ortho nitro benzene ring substituents is 1. The minimum Gasteiger partial charge on any atom is -0.497 e. The molecule has 0 aliphatic carbocycles. The molecule has 0 aliphatic rings. The van der Waals surface area contributed by atoms with Gasteiger partial charge in [0, 0.05) is 17.7 Å². The molecule has 0 bridgehead atoms. The molecule has 0 N–H and O–H groups in total. The largest absolute Gasteiger partial charge is 0.497 e. The first-order chi connectivity index (χ1) is 14.0. The van der Waals surface area contributed by atoms with Crippen molar-refractivity contribution < 1.29 is 19.2 Å². The Balaban J connectivity index is 1.55. The number of ketones is 1. The second-order valence-corrected chi connectivity index (χ2v) is 6.21. The number of rotatable bonds is 8. The van der Waals surface area contributed by atoms with Crippen LogP contribution < -0.4 is 9.47 Å². The maximum atomic E-state index is 12.2. The monoisotopic (exact) mass is 389 g/mol. The first kappa shape index (κ1) is 19.8. The molecule has 3 aromatic rings. The van der Waals surface area contributed by atoms with Gasteiger partial charge in [-0.15, -0.1) is 0 Å². The Morgan fingerprint density at radius 3 is 2.14 bits per heavy atom. The topological polar surface area (TPSA) is 78.7 Å². The zero-order valence-electron chi connectivity index (χ0n) is 15.8. The van der Waals surface area contributed by atoms with E-state index < -0.39 is 4.92 Å². The number of benzene rings is 3. The van der Waals surface area contributed by atoms with Crippen molar-refractivity contribution >= 4 is 17.5 Å². The van der Waals surface area contributed by atoms with Gasteiger partial charge >= 0.3 is 0 Å². The lowest BCUT2D eigenvalue weighted by Crippen LogP contribution is -1.96. The van der Waals surface area contributed by atoms with Crippen molar-refractivity contribution in [3.63, 3.8) is 0 Å². The molecule has 3 rings (SSSR count). The predicted octanol–water partition coefficient (Wildman–Crippen LogP) is 5.08. The lowest BCUT2D eigenvalue weighted by molar-refractivity contribution is -0.384. The second-order valence-electron chi connectivity index (χ2n) is 6.21. The van der Waals surface area contributed by atoms with Crippen molar-refractivity contribution in [2.24, 2.45) is 0 Å². The molecule has 29 heavy (non-hydrogen) atoms. The average Bonchev–Trinajstić information content (AvgIpc) is 2.77. The summed E-state index contributed by atoms with van der Waals surface area (Å²) in [6.07, 6.45) is 3.27. The summed E-state index contributed by atoms with van der Waals surface area (Å²) in [7, 11) is 1.58. The number of allylic oxidation sites excluding steroid dienone is 1. The van der Waals surface area contributed by atoms with E-state index in [0.717, 1.165) is 11.1 Å². The van der Waals surface area contributed by atoms with Crippen LogP contribution in [0.4, 0.5) is 5.69 Å². The van der Waals surface area contributed by atoms with Crippen LogP contribution in [-0.4, -0.2) is 17.8 Å². The smallest absolute Gasteiger partial charge is 0.269 e. The van der Waals surface area contributed by atoms with Crippen molar-refractivity contribution in [1.82, 2.24) is 0 Å². The summed E-state index contributed by atoms with van der Waals surface area (Å²) in [5, 5.41) is 10.7. The molecule has 6 nitrogen and oxygen atoms in total. The number of carbonyl (C=O) groups excluding carboxylic acids is 1. The molecule has 0 saturated carbocycles. The van der Waals surface area contributed by atoms with Crippen molar-refractivity contribution in [2.75, 3.05) is 7.11 Å². The van der Waals surface area contributed by atoms with Crippen molar-refractivity contribution in [1.29, 1.82) is 0 Å². The molecule has 0 unspecified atom stereocenters. The summed E-state index contributed by atoms with van der Waals surface area (Å²) in [6, 6.07) is 20.5. The molecule has 0 aliphatic heterocycles. The van der Waals surface area contributed by atoms with Gasteiger partial charge in [0.15, 0.2) is 5.78 Å². The SMILES string of the molecule is COc1ccc(C(=O)/C=C/c2ccc(OCc3ccc([N+](=O)[O-])cc3)cc2)cc1. The Hall–Kier alpha value is -3.93. The van der Waals surface area contributed by atoms with E-state index in [9.17, 15) is 14.9 Å². The lowest BCUT2D eigenvalue weighted by Gasteiger charge is -2.06. The first-order valence-corrected chi connectivity index (χ1v) is 8.88. The van der Waals surface area contributed by atoms with Gasteiger partial charge in [-0.2, -0.15) is 0 Å². The zero-order chi connectivity index (χ0) is 20.6. The summed E-state index contributed by atoms with van der Waals surface area (Å²) in [6.45, 7) is 0.309. The van der Waals surface area contributed by atoms with Crippen LogP contribution in [0.2, 0.25) is 0 Å². The molecule has 3 aromatic carbocycles. The highest BCUT2D eigenvalue weighted by molar-refractivity contribution is 6.06. The molecular weight excluding hydrogens is 370 g/mol. The van der Waals surface area contributed by atoms with E-state index in [-0.39, 0.29) is 11.5 Å². The van der Waals surface area contributed by atoms with Crippen LogP contribution in [-0.2, 0) is 6.61 Å². The Morgan fingerprint density at radius 1 is 0.931 bits per heavy atom. The Labute approximate surface area is 168 Å². The maximum absolute atomic E-state index is 12.2. The van der Waals surface area contributed by atoms with Gasteiger partial charge in [-0.1, -0.05) is 18.2 Å². The molecule has 0 saturated heterocycles. The fourth-order valence-electron chi connectivity index (χ4n) is 2.58. The van der Waals surface area contributed by atoms with Gasteiger partial charge < -0.3 is 9.47 Å². The van der Waals surface area contributed by atoms with E-state index in [1.54, 1.807) is 49.6 Å². The van der Waals surface area contributed by atoms with E-state index in [1.165, 1.54) is 18.2 Å². The Bertz CT molecular complexity index is 1010. The number of hydrogen-bond donors (Lipinski definition) is 0. The summed E-state index contributed by atoms with van der Waals surface area (Å²) in [5.74, 6) is 1.28. The molecule has 0 fully saturated rings. The third-order valence-electron chi connectivity index (χ3n) is 4.23. The average molecular weight is 389 g/mol. The highest BCUT2D eigenvalue weighted by Gasteiger charge is 2.05. The first-order valence-electron chi connectivity index (χ1n) is 8.88. The number of ether oxygens (including phenoxy) is 2. The molecule has 0 aromatic heterocycles. The minimum absolute atomic E-state index is 0.0501. The molecule has 146 valence electrons. The standard InChI is InChI=1S/C23H19NO5/c1-28-21-13-7-19(8-14-21)23(25)15-6-17-4-11-22(12-5-17)29-16-18-2-9-20(10-3-18)24(26)27/h2-15H,16H2,1H3/b15-6+. The van der Waals surface area contributed by atoms with E-state index in [0.29, 0.717) is 23.7 Å². The molecule has 6 heteroatoms. The predicted molar refractivity (Wildman–Crippen MR) is 110 cm³/mol. The third kappa shape index (κ3) is 5.52. The minimum atomic E-state index is -0.434. The van der Waals surface area contributed by atoms with Gasteiger partial charge in [-0.25, -0.2) is 0 Å². The van der Waals surface area contributed by atoms with E-state index in [2.05, 4.69) is 0 Å². The maximum Gasteiger partial charge on any atom is 0.269 e. The summed E-state index contributed by atoms with van der Waals surface area (Å²) in [5.41, 5.74) is 2.35. The fourth-order valence-corrected chi connectivity index (χ4v) is 2.58. The van der Waals surface area contributed by atoms with Crippen molar-refractivity contribution in [3.05, 3.63) is 106 Å². The van der Waals surface area contributed by atoms with Crippen LogP contribution in [0.3, 0.4) is 0 Å². The van der Waals surface area contributed by atoms with Crippen molar-refractivity contribution in [2.45, 2.75) is 6.61 Å². The Morgan fingerprint density at radius 2 is 1.55 bits per heavy atom. The van der Waals surface area contributed by atoms with Crippen LogP contribution >= 0.6 is 0 Å². The lowest BCUT2D eigenvalue weighted by atomic mass is 10.1. The molecule has 0 spiro atoms. The van der Waals surface area contributed by atoms with Gasteiger partial charge in [0.05, 0.1) is 12.0 Å². The number of nitrogens with zero attached hydrogens (tertiary/aromatic N) is 1. The number of nitro groups is 1. The molecule has 0 amide bonds. The van der Waals surface area contributed by atoms with E-state index in [4.69, 9.17) is 9.47 Å². The van der Waals surface area contributed by atoms with Crippen LogP contribution in [0.25, 0.3) is 6.08 Å². The van der Waals surface area contributed by atoms with Crippen LogP contribution in [0, 0.1) is 10.1 Å². The van der Waals surface area contributed by atoms with Crippen LogP contribution in [0.1, 0.15) is 21.5 Å². The van der Waals surface area contributed by atoms with Gasteiger partial charge in [-0.3, -0.25) is 14.9 Å². The quantitative estimate of drug-likeness (QED) is 0.232. The second kappa shape index (κ2) is 9.32. The Kier molecular flexibility index (Phi) is 6.37. The molecule has 0 radical (unpaired) electrons. The number of carbonyl (C=O) groups is 1. The summed E-state index contributed by atoms with van der Waals surface area (Å²) >= 11 is 0. The van der Waals surface area contributed by atoms with Crippen molar-refractivity contribution in [3.8, 4) is 11.5 Å². The fraction of sp³-hybridized carbons (Fsp3) is 0.0870. The van der Waals surface area contributed by atoms with Gasteiger partial charge in [-0.05, 0) is 65.7 Å². The summed E-state index contributed by atoms with van der Waals surface area (Å²) < 4.78 is 10.8. The molecule has 0 heterocycles. The van der Waals surface area contributed by atoms with Gasteiger partial charge in [0.2, 0.25) is 0 Å². The normalized spacial score (nSPS) is 10.7. The molecule has 0 atom stereocenters. The van der Waals surface area contributed by atoms with Crippen LogP contribution in [0.15, 0.2) is 78.9 Å². The van der Waals surface area contributed by atoms with Crippen LogP contribution in [0.5, 0.6) is 11.5 Å². The number of nitro benzene ring substituents is 1. The third-order valence-corrected chi connectivity index (χ3v) is 4.23. The number of methoxy groups -OCH3 is 1. The molecular formula is C23H19NO5. The number of hydrogen-bond acceptors (Lipinski definition) is 5. The summed E-state index contributed by atoms with van der Waals surface area (Å²) in [4.78, 5) is 22.4. The van der Waals surface area contributed by atoms with E-state index >= 15 is 0 Å².